The van der Waals surface area contributed by atoms with Crippen LogP contribution in [0.2, 0.25) is 0 Å². The second kappa shape index (κ2) is 10.5. The number of hydrazine groups is 1. The van der Waals surface area contributed by atoms with Crippen LogP contribution in [-0.4, -0.2) is 23.6 Å². The fourth-order valence-electron chi connectivity index (χ4n) is 6.17. The highest BCUT2D eigenvalue weighted by molar-refractivity contribution is 4.98. The Morgan fingerprint density at radius 3 is 1.58 bits per heavy atom. The van der Waals surface area contributed by atoms with Crippen LogP contribution in [0.4, 0.5) is 0 Å². The van der Waals surface area contributed by atoms with Crippen molar-refractivity contribution in [3.05, 3.63) is 0 Å². The Bertz CT molecular complexity index is 380. The summed E-state index contributed by atoms with van der Waals surface area (Å²) in [6.45, 7) is 12.5. The van der Waals surface area contributed by atoms with Crippen LogP contribution < -0.4 is 5.43 Å². The summed E-state index contributed by atoms with van der Waals surface area (Å²) in [6.07, 6.45) is 17.1. The van der Waals surface area contributed by atoms with Crippen molar-refractivity contribution in [2.45, 2.75) is 123 Å². The Morgan fingerprint density at radius 1 is 0.731 bits per heavy atom. The third-order valence-corrected chi connectivity index (χ3v) is 8.20. The van der Waals surface area contributed by atoms with Crippen LogP contribution in [0.3, 0.4) is 0 Å². The van der Waals surface area contributed by atoms with Gasteiger partial charge < -0.3 is 0 Å². The van der Waals surface area contributed by atoms with Gasteiger partial charge in [0.25, 0.3) is 0 Å². The van der Waals surface area contributed by atoms with Crippen molar-refractivity contribution < 1.29 is 0 Å². The molecule has 154 valence electrons. The van der Waals surface area contributed by atoms with Crippen LogP contribution in [0.5, 0.6) is 0 Å². The molecule has 26 heavy (non-hydrogen) atoms. The summed E-state index contributed by atoms with van der Waals surface area (Å²) in [4.78, 5) is 0. The molecular formula is C24H48N2. The SMILES string of the molecule is CNN(C1CCCCCCCCCCC1)C(C)(C)C1CC(C)C(C)C1C. The Hall–Kier alpha value is -0.0800. The molecule has 1 N–H and O–H groups in total. The average molecular weight is 365 g/mol. The molecule has 0 radical (unpaired) electrons. The minimum absolute atomic E-state index is 0.231. The Balaban J connectivity index is 2.08. The highest BCUT2D eigenvalue weighted by atomic mass is 15.5. The van der Waals surface area contributed by atoms with Gasteiger partial charge in [-0.3, -0.25) is 5.43 Å². The monoisotopic (exact) mass is 364 g/mol. The van der Waals surface area contributed by atoms with Crippen LogP contribution in [0.15, 0.2) is 0 Å². The minimum atomic E-state index is 0.231. The first-order valence-corrected chi connectivity index (χ1v) is 11.9. The van der Waals surface area contributed by atoms with Gasteiger partial charge in [0.05, 0.1) is 0 Å². The molecule has 0 aromatic heterocycles. The zero-order valence-corrected chi connectivity index (χ0v) is 18.8. The summed E-state index contributed by atoms with van der Waals surface area (Å²) in [6, 6.07) is 0.702. The van der Waals surface area contributed by atoms with Crippen molar-refractivity contribution in [2.24, 2.45) is 23.7 Å². The quantitative estimate of drug-likeness (QED) is 0.552. The molecule has 2 heteroatoms. The molecule has 0 aliphatic heterocycles. The van der Waals surface area contributed by atoms with E-state index in [1.807, 2.05) is 0 Å². The van der Waals surface area contributed by atoms with Gasteiger partial charge in [-0.25, -0.2) is 5.01 Å². The van der Waals surface area contributed by atoms with E-state index in [0.717, 1.165) is 23.7 Å². The van der Waals surface area contributed by atoms with E-state index in [1.165, 1.54) is 77.0 Å². The fraction of sp³-hybridized carbons (Fsp3) is 1.00. The molecule has 2 aliphatic carbocycles. The van der Waals surface area contributed by atoms with Crippen LogP contribution in [-0.2, 0) is 0 Å². The van der Waals surface area contributed by atoms with Gasteiger partial charge in [-0.05, 0) is 63.8 Å². The number of rotatable bonds is 4. The molecule has 2 nitrogen and oxygen atoms in total. The number of nitrogens with one attached hydrogen (secondary N) is 1. The Kier molecular flexibility index (Phi) is 8.94. The Labute approximate surface area is 164 Å². The third-order valence-electron chi connectivity index (χ3n) is 8.20. The highest BCUT2D eigenvalue weighted by Crippen LogP contribution is 2.48. The van der Waals surface area contributed by atoms with E-state index in [0.29, 0.717) is 6.04 Å². The van der Waals surface area contributed by atoms with Gasteiger partial charge >= 0.3 is 0 Å². The van der Waals surface area contributed by atoms with E-state index < -0.39 is 0 Å². The standard InChI is InChI=1S/C24H48N2/c1-19-18-23(21(3)20(19)2)24(4,5)26(25-6)22-16-14-12-10-8-7-9-11-13-15-17-22/h19-23,25H,7-18H2,1-6H3. The Morgan fingerprint density at radius 2 is 1.19 bits per heavy atom. The smallest absolute Gasteiger partial charge is 0.0331 e. The summed E-state index contributed by atoms with van der Waals surface area (Å²) < 4.78 is 0. The molecule has 0 amide bonds. The largest absolute Gasteiger partial charge is 0.258 e. The van der Waals surface area contributed by atoms with Gasteiger partial charge in [0.15, 0.2) is 0 Å². The van der Waals surface area contributed by atoms with E-state index in [9.17, 15) is 0 Å². The molecule has 0 saturated heterocycles. The van der Waals surface area contributed by atoms with Crippen molar-refractivity contribution in [2.75, 3.05) is 7.05 Å². The molecule has 0 bridgehead atoms. The van der Waals surface area contributed by atoms with Crippen molar-refractivity contribution in [3.8, 4) is 0 Å². The zero-order valence-electron chi connectivity index (χ0n) is 18.8. The number of hydrogen-bond donors (Lipinski definition) is 1. The second-order valence-electron chi connectivity index (χ2n) is 10.2. The average Bonchev–Trinajstić information content (AvgIpc) is 2.85. The van der Waals surface area contributed by atoms with Gasteiger partial charge in [-0.2, -0.15) is 0 Å². The zero-order chi connectivity index (χ0) is 19.2. The van der Waals surface area contributed by atoms with Crippen LogP contribution >= 0.6 is 0 Å². The van der Waals surface area contributed by atoms with E-state index >= 15 is 0 Å². The molecule has 0 aromatic carbocycles. The lowest BCUT2D eigenvalue weighted by atomic mass is 9.77. The van der Waals surface area contributed by atoms with E-state index in [4.69, 9.17) is 0 Å². The van der Waals surface area contributed by atoms with Crippen molar-refractivity contribution in [1.29, 1.82) is 0 Å². The summed E-state index contributed by atoms with van der Waals surface area (Å²) in [5.74, 6) is 3.34. The van der Waals surface area contributed by atoms with Crippen LogP contribution in [0.1, 0.15) is 112 Å². The van der Waals surface area contributed by atoms with Gasteiger partial charge in [-0.15, -0.1) is 0 Å². The number of hydrogen-bond acceptors (Lipinski definition) is 2. The summed E-state index contributed by atoms with van der Waals surface area (Å²) in [5, 5.41) is 2.70. The van der Waals surface area contributed by atoms with Gasteiger partial charge in [-0.1, -0.05) is 78.6 Å². The predicted molar refractivity (Wildman–Crippen MR) is 115 cm³/mol. The molecule has 2 aliphatic rings. The molecule has 0 spiro atoms. The first-order valence-electron chi connectivity index (χ1n) is 11.9. The maximum atomic E-state index is 3.68. The van der Waals surface area contributed by atoms with Gasteiger partial charge in [0, 0.05) is 11.6 Å². The summed E-state index contributed by atoms with van der Waals surface area (Å²) >= 11 is 0. The lowest BCUT2D eigenvalue weighted by Gasteiger charge is -2.48. The molecule has 2 saturated carbocycles. The van der Waals surface area contributed by atoms with E-state index in [2.05, 4.69) is 52.1 Å². The van der Waals surface area contributed by atoms with E-state index in [1.54, 1.807) is 0 Å². The van der Waals surface area contributed by atoms with E-state index in [-0.39, 0.29) is 5.54 Å². The molecule has 0 heterocycles. The fourth-order valence-corrected chi connectivity index (χ4v) is 6.17. The number of nitrogens with zero attached hydrogens (tertiary/aromatic N) is 1. The van der Waals surface area contributed by atoms with Gasteiger partial charge in [0.2, 0.25) is 0 Å². The van der Waals surface area contributed by atoms with Crippen molar-refractivity contribution >= 4 is 0 Å². The second-order valence-corrected chi connectivity index (χ2v) is 10.2. The molecule has 2 fully saturated rings. The van der Waals surface area contributed by atoms with Crippen molar-refractivity contribution in [3.63, 3.8) is 0 Å². The van der Waals surface area contributed by atoms with Crippen molar-refractivity contribution in [1.82, 2.24) is 10.4 Å². The normalized spacial score (nSPS) is 33.8. The lowest BCUT2D eigenvalue weighted by molar-refractivity contribution is -0.0352. The molecule has 4 atom stereocenters. The van der Waals surface area contributed by atoms with Gasteiger partial charge in [0.1, 0.15) is 0 Å². The molecule has 2 rings (SSSR count). The summed E-state index contributed by atoms with van der Waals surface area (Å²) in [5.41, 5.74) is 3.92. The highest BCUT2D eigenvalue weighted by Gasteiger charge is 2.47. The lowest BCUT2D eigenvalue weighted by Crippen LogP contribution is -2.60. The molecule has 4 unspecified atom stereocenters. The summed E-state index contributed by atoms with van der Waals surface area (Å²) in [7, 11) is 2.17. The minimum Gasteiger partial charge on any atom is -0.258 e. The molecular weight excluding hydrogens is 316 g/mol. The first-order chi connectivity index (χ1) is 12.4. The van der Waals surface area contributed by atoms with Crippen LogP contribution in [0.25, 0.3) is 0 Å². The first kappa shape index (κ1) is 22.2. The maximum Gasteiger partial charge on any atom is 0.0331 e. The van der Waals surface area contributed by atoms with Crippen LogP contribution in [0, 0.1) is 23.7 Å². The maximum absolute atomic E-state index is 3.68. The topological polar surface area (TPSA) is 15.3 Å². The third kappa shape index (κ3) is 5.47. The predicted octanol–water partition coefficient (Wildman–Crippen LogP) is 6.80. The molecule has 0 aromatic rings.